The SMILES string of the molecule is O=C(COC(=O)c1ccc(-c2nc3ccccc3s2)s1)c1cc2ccccc2o1. The number of rotatable bonds is 5. The van der Waals surface area contributed by atoms with Crippen LogP contribution in [-0.2, 0) is 4.74 Å². The first-order chi connectivity index (χ1) is 14.2. The fourth-order valence-electron chi connectivity index (χ4n) is 2.93. The summed E-state index contributed by atoms with van der Waals surface area (Å²) in [5.41, 5.74) is 1.56. The second-order valence-electron chi connectivity index (χ2n) is 6.30. The average molecular weight is 419 g/mol. The normalized spacial score (nSPS) is 11.2. The number of thiazole rings is 1. The number of benzene rings is 2. The molecule has 0 saturated heterocycles. The molecule has 0 unspecified atom stereocenters. The van der Waals surface area contributed by atoms with Crippen molar-refractivity contribution < 1.29 is 18.7 Å². The van der Waals surface area contributed by atoms with E-state index in [4.69, 9.17) is 9.15 Å². The summed E-state index contributed by atoms with van der Waals surface area (Å²) in [5.74, 6) is -0.732. The standard InChI is InChI=1S/C22H13NO4S2/c24-15(17-11-13-5-1-3-7-16(13)27-17)12-26-22(25)20-10-9-19(28-20)21-23-14-6-2-4-8-18(14)29-21/h1-11H,12H2. The highest BCUT2D eigenvalue weighted by Crippen LogP contribution is 2.34. The number of aromatic nitrogens is 1. The topological polar surface area (TPSA) is 69.4 Å². The minimum Gasteiger partial charge on any atom is -0.453 e. The molecule has 5 rings (SSSR count). The maximum absolute atomic E-state index is 12.4. The molecule has 142 valence electrons. The van der Waals surface area contributed by atoms with E-state index in [0.29, 0.717) is 10.5 Å². The number of hydrogen-bond acceptors (Lipinski definition) is 7. The van der Waals surface area contributed by atoms with E-state index >= 15 is 0 Å². The van der Waals surface area contributed by atoms with Gasteiger partial charge in [0.25, 0.3) is 0 Å². The molecule has 2 aromatic carbocycles. The van der Waals surface area contributed by atoms with E-state index in [1.165, 1.54) is 11.3 Å². The Hall–Kier alpha value is -3.29. The summed E-state index contributed by atoms with van der Waals surface area (Å²) in [6.07, 6.45) is 0. The number of ether oxygens (including phenoxy) is 1. The summed E-state index contributed by atoms with van der Waals surface area (Å²) in [6, 6.07) is 20.4. The summed E-state index contributed by atoms with van der Waals surface area (Å²) >= 11 is 2.87. The van der Waals surface area contributed by atoms with E-state index in [2.05, 4.69) is 4.98 Å². The Morgan fingerprint density at radius 1 is 0.966 bits per heavy atom. The first-order valence-corrected chi connectivity index (χ1v) is 10.5. The minimum absolute atomic E-state index is 0.181. The lowest BCUT2D eigenvalue weighted by Crippen LogP contribution is -2.12. The van der Waals surface area contributed by atoms with E-state index in [9.17, 15) is 9.59 Å². The number of fused-ring (bicyclic) bond motifs is 2. The second-order valence-corrected chi connectivity index (χ2v) is 8.41. The molecule has 3 heterocycles. The summed E-state index contributed by atoms with van der Waals surface area (Å²) < 4.78 is 11.8. The Morgan fingerprint density at radius 3 is 2.66 bits per heavy atom. The fourth-order valence-corrected chi connectivity index (χ4v) is 4.85. The molecule has 0 radical (unpaired) electrons. The Morgan fingerprint density at radius 2 is 1.79 bits per heavy atom. The molecular weight excluding hydrogens is 406 g/mol. The van der Waals surface area contributed by atoms with Crippen LogP contribution in [0.3, 0.4) is 0 Å². The van der Waals surface area contributed by atoms with Gasteiger partial charge in [0.2, 0.25) is 5.78 Å². The first-order valence-electron chi connectivity index (χ1n) is 8.82. The quantitative estimate of drug-likeness (QED) is 0.266. The Labute approximate surface area is 173 Å². The minimum atomic E-state index is -0.535. The molecule has 0 bridgehead atoms. The summed E-state index contributed by atoms with van der Waals surface area (Å²) in [7, 11) is 0. The molecule has 5 aromatic rings. The lowest BCUT2D eigenvalue weighted by atomic mass is 10.2. The molecule has 5 nitrogen and oxygen atoms in total. The number of ketones is 1. The van der Waals surface area contributed by atoms with Crippen LogP contribution in [0.25, 0.3) is 31.1 Å². The molecule has 29 heavy (non-hydrogen) atoms. The molecule has 0 amide bonds. The first kappa shape index (κ1) is 17.8. The van der Waals surface area contributed by atoms with Gasteiger partial charge in [-0.1, -0.05) is 30.3 Å². The Bertz CT molecular complexity index is 1300. The van der Waals surface area contributed by atoms with Crippen molar-refractivity contribution in [2.45, 2.75) is 0 Å². The van der Waals surface area contributed by atoms with Crippen LogP contribution in [0, 0.1) is 0 Å². The van der Waals surface area contributed by atoms with Gasteiger partial charge in [-0.25, -0.2) is 9.78 Å². The zero-order valence-corrected chi connectivity index (χ0v) is 16.6. The number of para-hydroxylation sites is 2. The maximum Gasteiger partial charge on any atom is 0.348 e. The predicted molar refractivity (Wildman–Crippen MR) is 114 cm³/mol. The van der Waals surface area contributed by atoms with E-state index in [1.54, 1.807) is 29.5 Å². The molecule has 0 spiro atoms. The van der Waals surface area contributed by atoms with Crippen molar-refractivity contribution in [2.75, 3.05) is 6.61 Å². The molecule has 0 aliphatic carbocycles. The van der Waals surface area contributed by atoms with Crippen molar-refractivity contribution in [3.05, 3.63) is 77.4 Å². The number of hydrogen-bond donors (Lipinski definition) is 0. The molecule has 3 aromatic heterocycles. The highest BCUT2D eigenvalue weighted by molar-refractivity contribution is 7.26. The summed E-state index contributed by atoms with van der Waals surface area (Å²) in [5, 5.41) is 1.69. The number of Topliss-reactive ketones (excluding diaryl/α,β-unsaturated/α-hetero) is 1. The monoisotopic (exact) mass is 419 g/mol. The number of thiophene rings is 1. The van der Waals surface area contributed by atoms with Gasteiger partial charge in [-0.3, -0.25) is 4.79 Å². The summed E-state index contributed by atoms with van der Waals surface area (Å²) in [4.78, 5) is 30.6. The summed E-state index contributed by atoms with van der Waals surface area (Å²) in [6.45, 7) is -0.368. The van der Waals surface area contributed by atoms with Crippen molar-refractivity contribution in [2.24, 2.45) is 0 Å². The molecule has 0 saturated carbocycles. The largest absolute Gasteiger partial charge is 0.453 e. The van der Waals surface area contributed by atoms with Crippen LogP contribution in [0.2, 0.25) is 0 Å². The van der Waals surface area contributed by atoms with Crippen molar-refractivity contribution in [3.63, 3.8) is 0 Å². The lowest BCUT2D eigenvalue weighted by molar-refractivity contribution is 0.0473. The van der Waals surface area contributed by atoms with Crippen LogP contribution in [-0.4, -0.2) is 23.3 Å². The average Bonchev–Trinajstić information content (AvgIpc) is 3.48. The van der Waals surface area contributed by atoms with Gasteiger partial charge < -0.3 is 9.15 Å². The predicted octanol–water partition coefficient (Wildman–Crippen LogP) is 5.81. The van der Waals surface area contributed by atoms with Gasteiger partial charge in [0, 0.05) is 5.39 Å². The molecule has 0 fully saturated rings. The number of esters is 1. The third kappa shape index (κ3) is 3.46. The third-order valence-corrected chi connectivity index (χ3v) is 6.62. The molecule has 0 N–H and O–H groups in total. The zero-order valence-electron chi connectivity index (χ0n) is 15.0. The Balaban J connectivity index is 1.28. The molecule has 0 atom stereocenters. The number of carbonyl (C=O) groups excluding carboxylic acids is 2. The fraction of sp³-hybridized carbons (Fsp3) is 0.0455. The lowest BCUT2D eigenvalue weighted by Gasteiger charge is -2.00. The number of furan rings is 1. The molecule has 7 heteroatoms. The highest BCUT2D eigenvalue weighted by atomic mass is 32.1. The molecular formula is C22H13NO4S2. The van der Waals surface area contributed by atoms with Crippen LogP contribution in [0.4, 0.5) is 0 Å². The van der Waals surface area contributed by atoms with Gasteiger partial charge in [-0.2, -0.15) is 0 Å². The van der Waals surface area contributed by atoms with Crippen LogP contribution in [0.5, 0.6) is 0 Å². The van der Waals surface area contributed by atoms with Gasteiger partial charge in [-0.15, -0.1) is 22.7 Å². The van der Waals surface area contributed by atoms with E-state index in [0.717, 1.165) is 25.5 Å². The number of carbonyl (C=O) groups is 2. The van der Waals surface area contributed by atoms with E-state index in [-0.39, 0.29) is 18.2 Å². The van der Waals surface area contributed by atoms with Crippen LogP contribution in [0.15, 0.2) is 71.1 Å². The van der Waals surface area contributed by atoms with Crippen molar-refractivity contribution in [1.29, 1.82) is 0 Å². The maximum atomic E-state index is 12.4. The zero-order chi connectivity index (χ0) is 19.8. The van der Waals surface area contributed by atoms with Crippen LogP contribution >= 0.6 is 22.7 Å². The van der Waals surface area contributed by atoms with E-state index < -0.39 is 5.97 Å². The Kier molecular flexibility index (Phi) is 4.46. The van der Waals surface area contributed by atoms with Gasteiger partial charge in [-0.05, 0) is 36.4 Å². The van der Waals surface area contributed by atoms with Crippen LogP contribution in [0.1, 0.15) is 20.2 Å². The van der Waals surface area contributed by atoms with Gasteiger partial charge in [0.05, 0.1) is 15.1 Å². The second kappa shape index (κ2) is 7.27. The van der Waals surface area contributed by atoms with Crippen molar-refractivity contribution in [3.8, 4) is 9.88 Å². The van der Waals surface area contributed by atoms with Gasteiger partial charge >= 0.3 is 5.97 Å². The van der Waals surface area contributed by atoms with Gasteiger partial charge in [0.1, 0.15) is 15.5 Å². The van der Waals surface area contributed by atoms with Crippen molar-refractivity contribution >= 4 is 55.6 Å². The highest BCUT2D eigenvalue weighted by Gasteiger charge is 2.18. The van der Waals surface area contributed by atoms with E-state index in [1.807, 2.05) is 48.5 Å². The molecule has 0 aliphatic heterocycles. The van der Waals surface area contributed by atoms with Crippen molar-refractivity contribution in [1.82, 2.24) is 4.98 Å². The number of nitrogens with zero attached hydrogens (tertiary/aromatic N) is 1. The van der Waals surface area contributed by atoms with Crippen LogP contribution < -0.4 is 0 Å². The van der Waals surface area contributed by atoms with Gasteiger partial charge in [0.15, 0.2) is 12.4 Å². The molecule has 0 aliphatic rings. The smallest absolute Gasteiger partial charge is 0.348 e. The third-order valence-electron chi connectivity index (χ3n) is 4.35.